The second kappa shape index (κ2) is 18.6. The third-order valence-corrected chi connectivity index (χ3v) is 13.8. The third-order valence-electron chi connectivity index (χ3n) is 13.6. The third kappa shape index (κ3) is 8.80. The lowest BCUT2D eigenvalue weighted by atomic mass is 9.87. The highest BCUT2D eigenvalue weighted by molar-refractivity contribution is 6.33. The molecule has 0 unspecified atom stereocenters. The number of hydrogen-bond acceptors (Lipinski definition) is 14. The van der Waals surface area contributed by atoms with Crippen LogP contribution in [-0.2, 0) is 19.1 Å². The summed E-state index contributed by atoms with van der Waals surface area (Å²) in [6.45, 7) is 10.4. The lowest BCUT2D eigenvalue weighted by Gasteiger charge is -2.44. The fourth-order valence-electron chi connectivity index (χ4n) is 9.97. The number of carbonyl (C=O) groups excluding carboxylic acids is 5. The Hall–Kier alpha value is -6.11. The van der Waals surface area contributed by atoms with Crippen LogP contribution in [0.15, 0.2) is 47.4 Å². The number of piperidine rings is 2. The molecule has 4 aliphatic heterocycles. The van der Waals surface area contributed by atoms with Gasteiger partial charge in [-0.3, -0.25) is 43.9 Å². The highest BCUT2D eigenvalue weighted by Crippen LogP contribution is 2.37. The van der Waals surface area contributed by atoms with E-state index < -0.39 is 29.7 Å². The number of nitrogens with one attached hydrogen (secondary N) is 3. The smallest absolute Gasteiger partial charge is 0.293 e. The van der Waals surface area contributed by atoms with Crippen LogP contribution in [0.4, 0.5) is 23.1 Å². The van der Waals surface area contributed by atoms with Gasteiger partial charge in [-0.2, -0.15) is 4.98 Å². The summed E-state index contributed by atoms with van der Waals surface area (Å²) in [6.07, 6.45) is 6.77. The zero-order valence-electron chi connectivity index (χ0n) is 37.6. The molecule has 66 heavy (non-hydrogen) atoms. The molecule has 3 N–H and O–H groups in total. The van der Waals surface area contributed by atoms with Crippen LogP contribution in [0.25, 0.3) is 10.9 Å². The molecule has 348 valence electrons. The van der Waals surface area contributed by atoms with Crippen LogP contribution >= 0.6 is 11.6 Å². The maximum atomic E-state index is 13.6. The van der Waals surface area contributed by atoms with Gasteiger partial charge in [-0.1, -0.05) is 11.6 Å². The van der Waals surface area contributed by atoms with Crippen molar-refractivity contribution in [1.82, 2.24) is 35.0 Å². The fourth-order valence-corrected chi connectivity index (χ4v) is 10.1. The molecule has 5 aliphatic rings. The number of aromatic nitrogens is 3. The molecular formula is C47H55ClN10O8. The largest absolute Gasteiger partial charge is 0.478 e. The van der Waals surface area contributed by atoms with Crippen LogP contribution in [0.1, 0.15) is 91.1 Å². The van der Waals surface area contributed by atoms with Crippen molar-refractivity contribution >= 4 is 75.2 Å². The molecule has 6 heterocycles. The van der Waals surface area contributed by atoms with E-state index in [1.165, 1.54) is 7.05 Å². The van der Waals surface area contributed by atoms with Crippen LogP contribution in [0.3, 0.4) is 0 Å². The number of anilines is 4. The molecule has 18 nitrogen and oxygen atoms in total. The number of pyridine rings is 1. The second-order valence-corrected chi connectivity index (χ2v) is 18.4. The number of rotatable bonds is 12. The monoisotopic (exact) mass is 922 g/mol. The first-order valence-electron chi connectivity index (χ1n) is 22.8. The van der Waals surface area contributed by atoms with Crippen molar-refractivity contribution in [2.75, 3.05) is 68.0 Å². The van der Waals surface area contributed by atoms with Gasteiger partial charge in [0.15, 0.2) is 18.2 Å². The van der Waals surface area contributed by atoms with E-state index in [1.807, 2.05) is 45.0 Å². The van der Waals surface area contributed by atoms with E-state index in [4.69, 9.17) is 26.1 Å². The molecule has 0 bridgehead atoms. The normalized spacial score (nSPS) is 21.8. The number of amides is 5. The topological polar surface area (TPSA) is 201 Å². The summed E-state index contributed by atoms with van der Waals surface area (Å²) in [6, 6.07) is 10.2. The fraction of sp³-hybridized carbons (Fsp3) is 0.489. The Balaban J connectivity index is 0.761. The number of nitrogens with zero attached hydrogens (tertiary/aromatic N) is 7. The van der Waals surface area contributed by atoms with Crippen molar-refractivity contribution in [3.05, 3.63) is 74.7 Å². The average molecular weight is 923 g/mol. The van der Waals surface area contributed by atoms with E-state index in [9.17, 15) is 28.8 Å². The van der Waals surface area contributed by atoms with E-state index in [-0.39, 0.29) is 54.9 Å². The first-order valence-corrected chi connectivity index (χ1v) is 23.2. The van der Waals surface area contributed by atoms with E-state index in [0.29, 0.717) is 39.6 Å². The van der Waals surface area contributed by atoms with Crippen LogP contribution in [0.5, 0.6) is 5.75 Å². The molecule has 2 aromatic heterocycles. The van der Waals surface area contributed by atoms with Gasteiger partial charge < -0.3 is 34.5 Å². The van der Waals surface area contributed by atoms with Gasteiger partial charge in [-0.15, -0.1) is 0 Å². The number of imide groups is 2. The van der Waals surface area contributed by atoms with E-state index in [2.05, 4.69) is 35.6 Å². The van der Waals surface area contributed by atoms with Crippen LogP contribution in [-0.4, -0.2) is 131 Å². The van der Waals surface area contributed by atoms with Crippen LogP contribution in [0.2, 0.25) is 5.02 Å². The van der Waals surface area contributed by atoms with Gasteiger partial charge in [0, 0.05) is 81.6 Å². The number of benzene rings is 2. The lowest BCUT2D eigenvalue weighted by molar-refractivity contribution is -0.136. The van der Waals surface area contributed by atoms with Crippen LogP contribution < -0.4 is 36.0 Å². The SMILES string of the molecule is CNC(=O)COc1cc2cc(Nc3nc(N4CCC(OC5CC(N6CCCN(c7ccc8c(c7C)C(=O)N([C@@H]7CCC(=O)NC7=O)C8=O)CC6)C5)CC4)ncc3Cl)ccc2n(C(C)C)c1=O. The molecule has 19 heteroatoms. The predicted octanol–water partition coefficient (Wildman–Crippen LogP) is 4.33. The van der Waals surface area contributed by atoms with Gasteiger partial charge >= 0.3 is 0 Å². The minimum Gasteiger partial charge on any atom is -0.478 e. The molecule has 1 aliphatic carbocycles. The van der Waals surface area contributed by atoms with Gasteiger partial charge in [0.05, 0.1) is 35.0 Å². The Labute approximate surface area is 386 Å². The zero-order chi connectivity index (χ0) is 46.4. The number of carbonyl (C=O) groups is 5. The Morgan fingerprint density at radius 1 is 0.924 bits per heavy atom. The summed E-state index contributed by atoms with van der Waals surface area (Å²) < 4.78 is 13.9. The minimum atomic E-state index is -0.990. The maximum Gasteiger partial charge on any atom is 0.293 e. The summed E-state index contributed by atoms with van der Waals surface area (Å²) in [5.74, 6) is -1.20. The van der Waals surface area contributed by atoms with Crippen molar-refractivity contribution < 1.29 is 33.4 Å². The molecule has 4 fully saturated rings. The second-order valence-electron chi connectivity index (χ2n) is 18.0. The summed E-state index contributed by atoms with van der Waals surface area (Å²) in [7, 11) is 1.51. The predicted molar refractivity (Wildman–Crippen MR) is 248 cm³/mol. The Kier molecular flexibility index (Phi) is 12.7. The Morgan fingerprint density at radius 2 is 1.71 bits per heavy atom. The quantitative estimate of drug-likeness (QED) is 0.170. The highest BCUT2D eigenvalue weighted by atomic mass is 35.5. The number of ether oxygens (including phenoxy) is 2. The highest BCUT2D eigenvalue weighted by Gasteiger charge is 2.46. The molecule has 0 radical (unpaired) electrons. The van der Waals surface area contributed by atoms with Gasteiger partial charge in [-0.25, -0.2) is 4.98 Å². The molecule has 2 aromatic carbocycles. The number of fused-ring (bicyclic) bond motifs is 2. The van der Waals surface area contributed by atoms with Crippen molar-refractivity contribution in [3.63, 3.8) is 0 Å². The number of likely N-dealkylation sites (N-methyl/N-ethyl adjacent to an activating group) is 1. The first-order chi connectivity index (χ1) is 31.8. The van der Waals surface area contributed by atoms with Gasteiger partial charge in [0.1, 0.15) is 11.1 Å². The summed E-state index contributed by atoms with van der Waals surface area (Å²) >= 11 is 6.61. The molecule has 0 spiro atoms. The van der Waals surface area contributed by atoms with Crippen molar-refractivity contribution in [2.45, 2.75) is 96.1 Å². The summed E-state index contributed by atoms with van der Waals surface area (Å²) in [5.41, 5.74) is 3.43. The molecule has 9 rings (SSSR count). The van der Waals surface area contributed by atoms with Crippen molar-refractivity contribution in [2.24, 2.45) is 0 Å². The summed E-state index contributed by atoms with van der Waals surface area (Å²) in [5, 5.41) is 9.21. The zero-order valence-corrected chi connectivity index (χ0v) is 38.4. The number of halogens is 1. The van der Waals surface area contributed by atoms with E-state index >= 15 is 0 Å². The van der Waals surface area contributed by atoms with Gasteiger partial charge in [-0.05, 0) is 101 Å². The lowest BCUT2D eigenvalue weighted by Crippen LogP contribution is -2.54. The Bertz CT molecular complexity index is 2660. The molecule has 5 amide bonds. The molecule has 3 saturated heterocycles. The van der Waals surface area contributed by atoms with E-state index in [0.717, 1.165) is 98.4 Å². The van der Waals surface area contributed by atoms with Crippen LogP contribution in [0, 0.1) is 6.92 Å². The first kappa shape index (κ1) is 45.1. The maximum absolute atomic E-state index is 13.6. The van der Waals surface area contributed by atoms with Crippen molar-refractivity contribution in [3.8, 4) is 5.75 Å². The van der Waals surface area contributed by atoms with Gasteiger partial charge in [0.25, 0.3) is 23.3 Å². The van der Waals surface area contributed by atoms with E-state index in [1.54, 1.807) is 22.9 Å². The van der Waals surface area contributed by atoms with Gasteiger partial charge in [0.2, 0.25) is 17.8 Å². The Morgan fingerprint density at radius 3 is 2.45 bits per heavy atom. The minimum absolute atomic E-state index is 0.0827. The molecule has 4 aromatic rings. The average Bonchev–Trinajstić information content (AvgIpc) is 3.39. The summed E-state index contributed by atoms with van der Waals surface area (Å²) in [4.78, 5) is 93.8. The molecule has 1 atom stereocenters. The van der Waals surface area contributed by atoms with Crippen molar-refractivity contribution in [1.29, 1.82) is 0 Å². The number of hydrogen-bond donors (Lipinski definition) is 3. The standard InChI is InChI=1S/C47H55ClN10O8/c1-26(2)57-36-8-6-29(20-28(36)21-38(45(57)63)65-25-40(60)49-4)51-42-34(48)24-50-47(53-42)56-16-12-31(13-17-56)66-32-22-30(23-32)54-14-5-15-55(19-18-54)35-9-7-33-41(27(35)3)46(64)58(44(33)62)37-10-11-39(59)52-43(37)61/h6-9,20-21,24,26,30-32,37H,5,10-19,22-23,25H2,1-4H3,(H,49,60)(H,50,51,53)(H,52,59,61)/t30?,32?,37-/m1/s1. The molecule has 1 saturated carbocycles. The molecular weight excluding hydrogens is 868 g/mol.